The molecule has 0 fully saturated rings. The van der Waals surface area contributed by atoms with Gasteiger partial charge in [-0.2, -0.15) is 0 Å². The van der Waals surface area contributed by atoms with E-state index < -0.39 is 11.9 Å². The number of hydrogen-bond acceptors (Lipinski definition) is 5. The van der Waals surface area contributed by atoms with E-state index in [0.717, 1.165) is 11.1 Å². The number of halogens is 1. The van der Waals surface area contributed by atoms with Crippen LogP contribution < -0.4 is 0 Å². The van der Waals surface area contributed by atoms with Gasteiger partial charge in [-0.15, -0.1) is 0 Å². The van der Waals surface area contributed by atoms with Crippen LogP contribution in [0.1, 0.15) is 42.1 Å². The fraction of sp³-hybridized carbons (Fsp3) is 0.304. The summed E-state index contributed by atoms with van der Waals surface area (Å²) in [4.78, 5) is 25.9. The van der Waals surface area contributed by atoms with Crippen LogP contribution in [-0.2, 0) is 25.5 Å². The predicted octanol–water partition coefficient (Wildman–Crippen LogP) is 5.07. The van der Waals surface area contributed by atoms with Crippen LogP contribution in [0.2, 0.25) is 5.02 Å². The lowest BCUT2D eigenvalue weighted by Crippen LogP contribution is -2.18. The van der Waals surface area contributed by atoms with Crippen LogP contribution in [-0.4, -0.2) is 25.2 Å². The van der Waals surface area contributed by atoms with E-state index in [1.807, 2.05) is 32.0 Å². The third-order valence-electron chi connectivity index (χ3n) is 4.71. The molecule has 1 aromatic carbocycles. The van der Waals surface area contributed by atoms with E-state index in [0.29, 0.717) is 34.1 Å². The molecule has 0 spiro atoms. The minimum Gasteiger partial charge on any atom is -0.466 e. The van der Waals surface area contributed by atoms with Crippen LogP contribution in [0.5, 0.6) is 0 Å². The number of allylic oxidation sites excluding steroid dienone is 1. The maximum absolute atomic E-state index is 13.0. The summed E-state index contributed by atoms with van der Waals surface area (Å²) in [6, 6.07) is 7.39. The van der Waals surface area contributed by atoms with Gasteiger partial charge in [0, 0.05) is 10.6 Å². The molecule has 1 aliphatic carbocycles. The number of carbonyl (C=O) groups is 2. The van der Waals surface area contributed by atoms with E-state index in [-0.39, 0.29) is 24.4 Å². The Morgan fingerprint density at radius 2 is 1.79 bits per heavy atom. The molecule has 0 N–H and O–H groups in total. The number of esters is 2. The zero-order valence-electron chi connectivity index (χ0n) is 16.9. The second kappa shape index (κ2) is 8.70. The van der Waals surface area contributed by atoms with E-state index >= 15 is 0 Å². The maximum Gasteiger partial charge on any atom is 0.339 e. The third kappa shape index (κ3) is 4.15. The summed E-state index contributed by atoms with van der Waals surface area (Å²) in [7, 11) is 0. The van der Waals surface area contributed by atoms with Gasteiger partial charge in [-0.1, -0.05) is 23.7 Å². The SMILES string of the molecule is CCOC(=O)C1=Cc2c(Cl)cccc2CC(c2cc(C)oc2C)=C1C(=O)OCC. The van der Waals surface area contributed by atoms with Crippen LogP contribution >= 0.6 is 11.6 Å². The molecule has 6 heteroatoms. The smallest absolute Gasteiger partial charge is 0.339 e. The molecule has 29 heavy (non-hydrogen) atoms. The Hall–Kier alpha value is -2.79. The molecule has 5 nitrogen and oxygen atoms in total. The molecule has 1 aromatic heterocycles. The Morgan fingerprint density at radius 1 is 1.10 bits per heavy atom. The normalized spacial score (nSPS) is 13.5. The molecule has 1 aliphatic rings. The molecule has 0 saturated carbocycles. The monoisotopic (exact) mass is 414 g/mol. The standard InChI is InChI=1S/C23H23ClO5/c1-5-27-22(25)19-12-17-15(8-7-9-20(17)24)11-18(21(19)23(26)28-6-2)16-10-13(3)29-14(16)4/h7-10,12H,5-6,11H2,1-4H3. The molecule has 152 valence electrons. The van der Waals surface area contributed by atoms with Crippen LogP contribution in [0.4, 0.5) is 0 Å². The Kier molecular flexibility index (Phi) is 6.28. The third-order valence-corrected chi connectivity index (χ3v) is 5.04. The first-order chi connectivity index (χ1) is 13.9. The van der Waals surface area contributed by atoms with Crippen LogP contribution in [0.25, 0.3) is 11.6 Å². The minimum atomic E-state index is -0.598. The molecule has 0 atom stereocenters. The summed E-state index contributed by atoms with van der Waals surface area (Å²) in [5, 5.41) is 0.494. The van der Waals surface area contributed by atoms with Gasteiger partial charge in [-0.05, 0) is 69.0 Å². The lowest BCUT2D eigenvalue weighted by atomic mass is 9.92. The van der Waals surface area contributed by atoms with Gasteiger partial charge in [-0.25, -0.2) is 9.59 Å². The van der Waals surface area contributed by atoms with Gasteiger partial charge in [0.2, 0.25) is 0 Å². The van der Waals surface area contributed by atoms with Crippen LogP contribution in [0, 0.1) is 13.8 Å². The predicted molar refractivity (Wildman–Crippen MR) is 112 cm³/mol. The highest BCUT2D eigenvalue weighted by atomic mass is 35.5. The van der Waals surface area contributed by atoms with Crippen molar-refractivity contribution >= 4 is 35.2 Å². The highest BCUT2D eigenvalue weighted by Gasteiger charge is 2.32. The molecule has 3 rings (SSSR count). The van der Waals surface area contributed by atoms with Gasteiger partial charge in [0.1, 0.15) is 11.5 Å². The number of fused-ring (bicyclic) bond motifs is 1. The van der Waals surface area contributed by atoms with E-state index in [1.165, 1.54) is 0 Å². The number of hydrogen-bond donors (Lipinski definition) is 0. The zero-order chi connectivity index (χ0) is 21.1. The minimum absolute atomic E-state index is 0.130. The summed E-state index contributed by atoms with van der Waals surface area (Å²) in [5.41, 5.74) is 3.30. The molecule has 0 unspecified atom stereocenters. The zero-order valence-corrected chi connectivity index (χ0v) is 17.7. The van der Waals surface area contributed by atoms with Crippen molar-refractivity contribution < 1.29 is 23.5 Å². The number of furan rings is 1. The van der Waals surface area contributed by atoms with Crippen molar-refractivity contribution in [1.82, 2.24) is 0 Å². The topological polar surface area (TPSA) is 65.7 Å². The lowest BCUT2D eigenvalue weighted by Gasteiger charge is -2.15. The van der Waals surface area contributed by atoms with Gasteiger partial charge < -0.3 is 13.9 Å². The summed E-state index contributed by atoms with van der Waals surface area (Å²) >= 11 is 6.43. The molecule has 0 aliphatic heterocycles. The first-order valence-corrected chi connectivity index (χ1v) is 9.89. The van der Waals surface area contributed by atoms with Gasteiger partial charge in [0.15, 0.2) is 0 Å². The van der Waals surface area contributed by atoms with E-state index in [4.69, 9.17) is 25.5 Å². The van der Waals surface area contributed by atoms with Crippen molar-refractivity contribution in [2.45, 2.75) is 34.1 Å². The highest BCUT2D eigenvalue weighted by Crippen LogP contribution is 2.38. The lowest BCUT2D eigenvalue weighted by molar-refractivity contribution is -0.142. The Bertz CT molecular complexity index is 1030. The summed E-state index contributed by atoms with van der Waals surface area (Å²) in [5.74, 6) is 0.195. The van der Waals surface area contributed by atoms with Crippen molar-refractivity contribution in [3.8, 4) is 0 Å². The number of ether oxygens (including phenoxy) is 2. The van der Waals surface area contributed by atoms with Crippen molar-refractivity contribution in [2.24, 2.45) is 0 Å². The maximum atomic E-state index is 13.0. The van der Waals surface area contributed by atoms with Crippen LogP contribution in [0.3, 0.4) is 0 Å². The second-order valence-corrected chi connectivity index (χ2v) is 7.08. The molecule has 0 bridgehead atoms. The largest absolute Gasteiger partial charge is 0.466 e. The number of benzene rings is 1. The number of aryl methyl sites for hydroxylation is 2. The molecular weight excluding hydrogens is 392 g/mol. The first kappa shape index (κ1) is 20.9. The molecule has 1 heterocycles. The average Bonchev–Trinajstić information content (AvgIpc) is 2.90. The highest BCUT2D eigenvalue weighted by molar-refractivity contribution is 6.32. The fourth-order valence-corrected chi connectivity index (χ4v) is 3.77. The van der Waals surface area contributed by atoms with Crippen molar-refractivity contribution in [3.63, 3.8) is 0 Å². The van der Waals surface area contributed by atoms with Gasteiger partial charge >= 0.3 is 11.9 Å². The van der Waals surface area contributed by atoms with E-state index in [1.54, 1.807) is 26.0 Å². The van der Waals surface area contributed by atoms with Crippen molar-refractivity contribution in [2.75, 3.05) is 13.2 Å². The Labute approximate surface area is 174 Å². The first-order valence-electron chi connectivity index (χ1n) is 9.51. The summed E-state index contributed by atoms with van der Waals surface area (Å²) in [6.07, 6.45) is 2.01. The fourth-order valence-electron chi connectivity index (χ4n) is 3.52. The van der Waals surface area contributed by atoms with E-state index in [9.17, 15) is 9.59 Å². The average molecular weight is 415 g/mol. The molecule has 0 saturated heterocycles. The summed E-state index contributed by atoms with van der Waals surface area (Å²) in [6.45, 7) is 7.47. The van der Waals surface area contributed by atoms with Gasteiger partial charge in [0.05, 0.1) is 24.4 Å². The number of rotatable bonds is 5. The Morgan fingerprint density at radius 3 is 2.41 bits per heavy atom. The quantitative estimate of drug-likeness (QED) is 0.639. The molecular formula is C23H23ClO5. The molecule has 0 radical (unpaired) electrons. The number of carbonyl (C=O) groups excluding carboxylic acids is 2. The van der Waals surface area contributed by atoms with Crippen molar-refractivity contribution in [1.29, 1.82) is 0 Å². The van der Waals surface area contributed by atoms with Gasteiger partial charge in [-0.3, -0.25) is 0 Å². The van der Waals surface area contributed by atoms with Crippen molar-refractivity contribution in [3.05, 3.63) is 68.6 Å². The summed E-state index contributed by atoms with van der Waals surface area (Å²) < 4.78 is 16.3. The Balaban J connectivity index is 2.36. The van der Waals surface area contributed by atoms with Gasteiger partial charge in [0.25, 0.3) is 0 Å². The molecule has 0 amide bonds. The van der Waals surface area contributed by atoms with Crippen LogP contribution in [0.15, 0.2) is 39.8 Å². The van der Waals surface area contributed by atoms with E-state index in [2.05, 4.69) is 0 Å². The second-order valence-electron chi connectivity index (χ2n) is 6.67. The molecule has 2 aromatic rings.